The standard InChI is InChI=1S/C10H21N/c1-7(2)10-5-9(6-10)4-8(3)11/h7-10H,4-6,11H2,1-3H3. The second-order valence-electron chi connectivity index (χ2n) is 4.55. The Balaban J connectivity index is 2.09. The lowest BCUT2D eigenvalue weighted by Crippen LogP contribution is -2.32. The van der Waals surface area contributed by atoms with Crippen LogP contribution in [0.4, 0.5) is 0 Å². The Hall–Kier alpha value is -0.0400. The molecule has 0 aromatic carbocycles. The van der Waals surface area contributed by atoms with Gasteiger partial charge in [0.15, 0.2) is 0 Å². The molecular weight excluding hydrogens is 134 g/mol. The summed E-state index contributed by atoms with van der Waals surface area (Å²) in [5.74, 6) is 2.83. The Labute approximate surface area is 70.4 Å². The molecule has 0 aromatic heterocycles. The van der Waals surface area contributed by atoms with Crippen LogP contribution in [-0.4, -0.2) is 6.04 Å². The van der Waals surface area contributed by atoms with Crippen LogP contribution in [0, 0.1) is 17.8 Å². The zero-order chi connectivity index (χ0) is 8.43. The van der Waals surface area contributed by atoms with Gasteiger partial charge in [-0.3, -0.25) is 0 Å². The van der Waals surface area contributed by atoms with Crippen molar-refractivity contribution in [3.05, 3.63) is 0 Å². The molecule has 0 amide bonds. The van der Waals surface area contributed by atoms with Crippen LogP contribution >= 0.6 is 0 Å². The molecule has 1 aliphatic rings. The minimum absolute atomic E-state index is 0.410. The van der Waals surface area contributed by atoms with Gasteiger partial charge < -0.3 is 5.73 Å². The molecule has 0 saturated heterocycles. The van der Waals surface area contributed by atoms with E-state index in [0.29, 0.717) is 6.04 Å². The second kappa shape index (κ2) is 3.57. The summed E-state index contributed by atoms with van der Waals surface area (Å²) in [6.07, 6.45) is 4.10. The molecule has 0 aromatic rings. The van der Waals surface area contributed by atoms with Gasteiger partial charge in [0, 0.05) is 6.04 Å². The van der Waals surface area contributed by atoms with Crippen molar-refractivity contribution in [2.75, 3.05) is 0 Å². The quantitative estimate of drug-likeness (QED) is 0.665. The van der Waals surface area contributed by atoms with Gasteiger partial charge >= 0.3 is 0 Å². The fraction of sp³-hybridized carbons (Fsp3) is 1.00. The van der Waals surface area contributed by atoms with Crippen molar-refractivity contribution in [1.29, 1.82) is 0 Å². The largest absolute Gasteiger partial charge is 0.328 e. The summed E-state index contributed by atoms with van der Waals surface area (Å²) < 4.78 is 0. The number of hydrogen-bond donors (Lipinski definition) is 1. The summed E-state index contributed by atoms with van der Waals surface area (Å²) in [5, 5.41) is 0. The maximum Gasteiger partial charge on any atom is 0.00131 e. The van der Waals surface area contributed by atoms with Crippen molar-refractivity contribution in [3.8, 4) is 0 Å². The highest BCUT2D eigenvalue weighted by Gasteiger charge is 2.31. The van der Waals surface area contributed by atoms with Crippen molar-refractivity contribution in [2.45, 2.75) is 46.1 Å². The number of rotatable bonds is 3. The summed E-state index contributed by atoms with van der Waals surface area (Å²) in [5.41, 5.74) is 5.72. The molecule has 1 aliphatic carbocycles. The van der Waals surface area contributed by atoms with Crippen LogP contribution in [0.15, 0.2) is 0 Å². The van der Waals surface area contributed by atoms with Crippen molar-refractivity contribution in [2.24, 2.45) is 23.5 Å². The van der Waals surface area contributed by atoms with E-state index < -0.39 is 0 Å². The highest BCUT2D eigenvalue weighted by Crippen LogP contribution is 2.40. The Morgan fingerprint density at radius 3 is 2.18 bits per heavy atom. The Morgan fingerprint density at radius 2 is 1.82 bits per heavy atom. The highest BCUT2D eigenvalue weighted by molar-refractivity contribution is 4.82. The molecule has 1 unspecified atom stereocenters. The lowest BCUT2D eigenvalue weighted by atomic mass is 9.68. The molecule has 2 N–H and O–H groups in total. The summed E-state index contributed by atoms with van der Waals surface area (Å²) >= 11 is 0. The van der Waals surface area contributed by atoms with Gasteiger partial charge in [-0.25, -0.2) is 0 Å². The van der Waals surface area contributed by atoms with E-state index in [2.05, 4.69) is 20.8 Å². The normalized spacial score (nSPS) is 33.5. The Bertz CT molecular complexity index is 112. The minimum atomic E-state index is 0.410. The third-order valence-electron chi connectivity index (χ3n) is 2.92. The predicted octanol–water partition coefficient (Wildman–Crippen LogP) is 2.41. The number of hydrogen-bond acceptors (Lipinski definition) is 1. The first-order chi connectivity index (χ1) is 5.09. The van der Waals surface area contributed by atoms with Crippen molar-refractivity contribution < 1.29 is 0 Å². The van der Waals surface area contributed by atoms with Gasteiger partial charge in [-0.05, 0) is 43.9 Å². The maximum absolute atomic E-state index is 5.72. The van der Waals surface area contributed by atoms with E-state index in [1.165, 1.54) is 19.3 Å². The van der Waals surface area contributed by atoms with Crippen LogP contribution in [0.1, 0.15) is 40.0 Å². The zero-order valence-electron chi connectivity index (χ0n) is 8.01. The van der Waals surface area contributed by atoms with E-state index in [1.54, 1.807) is 0 Å². The third kappa shape index (κ3) is 2.48. The minimum Gasteiger partial charge on any atom is -0.328 e. The number of nitrogens with two attached hydrogens (primary N) is 1. The van der Waals surface area contributed by atoms with Crippen LogP contribution in [0.25, 0.3) is 0 Å². The first-order valence-electron chi connectivity index (χ1n) is 4.85. The maximum atomic E-state index is 5.72. The monoisotopic (exact) mass is 155 g/mol. The highest BCUT2D eigenvalue weighted by atomic mass is 14.6. The van der Waals surface area contributed by atoms with Gasteiger partial charge in [0.2, 0.25) is 0 Å². The van der Waals surface area contributed by atoms with Crippen LogP contribution in [-0.2, 0) is 0 Å². The van der Waals surface area contributed by atoms with Gasteiger partial charge in [0.25, 0.3) is 0 Å². The van der Waals surface area contributed by atoms with E-state index in [-0.39, 0.29) is 0 Å². The topological polar surface area (TPSA) is 26.0 Å². The predicted molar refractivity (Wildman–Crippen MR) is 49.3 cm³/mol. The van der Waals surface area contributed by atoms with Crippen molar-refractivity contribution in [3.63, 3.8) is 0 Å². The van der Waals surface area contributed by atoms with Gasteiger partial charge in [0.05, 0.1) is 0 Å². The molecule has 11 heavy (non-hydrogen) atoms. The molecule has 0 radical (unpaired) electrons. The molecule has 0 spiro atoms. The van der Waals surface area contributed by atoms with E-state index in [9.17, 15) is 0 Å². The van der Waals surface area contributed by atoms with E-state index in [4.69, 9.17) is 5.73 Å². The lowest BCUT2D eigenvalue weighted by Gasteiger charge is -2.38. The fourth-order valence-electron chi connectivity index (χ4n) is 2.05. The molecule has 1 fully saturated rings. The molecule has 0 heterocycles. The molecule has 66 valence electrons. The van der Waals surface area contributed by atoms with E-state index >= 15 is 0 Å². The van der Waals surface area contributed by atoms with Crippen LogP contribution < -0.4 is 5.73 Å². The molecule has 1 atom stereocenters. The molecule has 1 rings (SSSR count). The SMILES string of the molecule is CC(N)CC1CC(C(C)C)C1. The first-order valence-corrected chi connectivity index (χ1v) is 4.85. The van der Waals surface area contributed by atoms with E-state index in [1.807, 2.05) is 0 Å². The van der Waals surface area contributed by atoms with E-state index in [0.717, 1.165) is 17.8 Å². The Morgan fingerprint density at radius 1 is 1.27 bits per heavy atom. The molecular formula is C10H21N. The molecule has 1 nitrogen and oxygen atoms in total. The van der Waals surface area contributed by atoms with Gasteiger partial charge in [0.1, 0.15) is 0 Å². The summed E-state index contributed by atoms with van der Waals surface area (Å²) in [7, 11) is 0. The van der Waals surface area contributed by atoms with Gasteiger partial charge in [-0.2, -0.15) is 0 Å². The first kappa shape index (κ1) is 9.05. The summed E-state index contributed by atoms with van der Waals surface area (Å²) in [6.45, 7) is 6.77. The van der Waals surface area contributed by atoms with Crippen molar-refractivity contribution in [1.82, 2.24) is 0 Å². The third-order valence-corrected chi connectivity index (χ3v) is 2.92. The van der Waals surface area contributed by atoms with Gasteiger partial charge in [-0.15, -0.1) is 0 Å². The smallest absolute Gasteiger partial charge is 0.00131 e. The Kier molecular flexibility index (Phi) is 2.94. The average molecular weight is 155 g/mol. The second-order valence-corrected chi connectivity index (χ2v) is 4.55. The molecule has 0 bridgehead atoms. The van der Waals surface area contributed by atoms with Crippen LogP contribution in [0.3, 0.4) is 0 Å². The van der Waals surface area contributed by atoms with Crippen LogP contribution in [0.2, 0.25) is 0 Å². The van der Waals surface area contributed by atoms with Gasteiger partial charge in [-0.1, -0.05) is 13.8 Å². The van der Waals surface area contributed by atoms with Crippen LogP contribution in [0.5, 0.6) is 0 Å². The fourth-order valence-corrected chi connectivity index (χ4v) is 2.05. The molecule has 0 aliphatic heterocycles. The molecule has 1 saturated carbocycles. The zero-order valence-corrected chi connectivity index (χ0v) is 8.01. The van der Waals surface area contributed by atoms with Crippen molar-refractivity contribution >= 4 is 0 Å². The average Bonchev–Trinajstić information content (AvgIpc) is 1.75. The molecule has 1 heteroatoms. The lowest BCUT2D eigenvalue weighted by molar-refractivity contribution is 0.128. The summed E-state index contributed by atoms with van der Waals surface area (Å²) in [4.78, 5) is 0. The summed E-state index contributed by atoms with van der Waals surface area (Å²) in [6, 6.07) is 0.410.